The van der Waals surface area contributed by atoms with Gasteiger partial charge < -0.3 is 36.3 Å². The standard InChI is InChI=1S/C27H42N4O6/c1-17(2)23-16-36-10-4-5-11-37-21-8-6-18(7-9-21)14-22(24(32)29-23)30-26(35)31-27(3,25(33)34)15-19-12-20(28)13-19/h6-9,17,19-20,22-23H,4-5,10-16,28H2,1-3H3,(H,29,32)(H,33,34)(H2,30,31,35)/t19?,20?,22-,23-,27+/m1/s1. The Hall–Kier alpha value is -2.85. The van der Waals surface area contributed by atoms with Crippen LogP contribution in [0.5, 0.6) is 5.75 Å². The van der Waals surface area contributed by atoms with E-state index in [0.29, 0.717) is 19.8 Å². The topological polar surface area (TPSA) is 152 Å². The molecule has 0 aromatic heterocycles. The summed E-state index contributed by atoms with van der Waals surface area (Å²) in [6, 6.07) is 5.63. The zero-order chi connectivity index (χ0) is 27.0. The number of urea groups is 1. The number of nitrogens with one attached hydrogen (secondary N) is 3. The lowest BCUT2D eigenvalue weighted by molar-refractivity contribution is -0.144. The highest BCUT2D eigenvalue weighted by Crippen LogP contribution is 2.33. The normalized spacial score (nSPS) is 26.8. The minimum absolute atomic E-state index is 0.0774. The van der Waals surface area contributed by atoms with E-state index in [4.69, 9.17) is 15.2 Å². The van der Waals surface area contributed by atoms with Gasteiger partial charge in [-0.15, -0.1) is 0 Å². The fourth-order valence-corrected chi connectivity index (χ4v) is 4.73. The van der Waals surface area contributed by atoms with Crippen molar-refractivity contribution in [3.8, 4) is 5.75 Å². The fourth-order valence-electron chi connectivity index (χ4n) is 4.73. The van der Waals surface area contributed by atoms with Crippen LogP contribution in [0, 0.1) is 11.8 Å². The number of carbonyl (C=O) groups is 3. The Morgan fingerprint density at radius 2 is 1.86 bits per heavy atom. The molecule has 1 aromatic rings. The van der Waals surface area contributed by atoms with E-state index in [2.05, 4.69) is 16.0 Å². The van der Waals surface area contributed by atoms with Gasteiger partial charge in [-0.1, -0.05) is 26.0 Å². The van der Waals surface area contributed by atoms with E-state index in [9.17, 15) is 19.5 Å². The van der Waals surface area contributed by atoms with Crippen molar-refractivity contribution in [1.82, 2.24) is 16.0 Å². The molecule has 2 aliphatic heterocycles. The van der Waals surface area contributed by atoms with E-state index in [1.165, 1.54) is 6.92 Å². The predicted octanol–water partition coefficient (Wildman–Crippen LogP) is 2.20. The summed E-state index contributed by atoms with van der Waals surface area (Å²) in [5.41, 5.74) is 5.21. The van der Waals surface area contributed by atoms with E-state index < -0.39 is 23.6 Å². The molecule has 4 rings (SSSR count). The van der Waals surface area contributed by atoms with E-state index in [-0.39, 0.29) is 42.7 Å². The first-order valence-corrected chi connectivity index (χ1v) is 13.2. The Bertz CT molecular complexity index is 918. The number of hydrogen-bond acceptors (Lipinski definition) is 6. The number of aliphatic carboxylic acids is 1. The average molecular weight is 519 g/mol. The second kappa shape index (κ2) is 13.1. The van der Waals surface area contributed by atoms with Crippen molar-refractivity contribution < 1.29 is 29.0 Å². The van der Waals surface area contributed by atoms with Gasteiger partial charge in [0.15, 0.2) is 0 Å². The molecule has 3 atom stereocenters. The van der Waals surface area contributed by atoms with E-state index in [0.717, 1.165) is 37.0 Å². The van der Waals surface area contributed by atoms with Crippen LogP contribution in [0.1, 0.15) is 58.4 Å². The first kappa shape index (κ1) is 28.7. The summed E-state index contributed by atoms with van der Waals surface area (Å²) in [6.45, 7) is 7.00. The van der Waals surface area contributed by atoms with E-state index in [1.807, 2.05) is 38.1 Å². The maximum Gasteiger partial charge on any atom is 0.329 e. The van der Waals surface area contributed by atoms with Crippen LogP contribution in [0.25, 0.3) is 0 Å². The second-order valence-corrected chi connectivity index (χ2v) is 10.9. The van der Waals surface area contributed by atoms with Crippen LogP contribution in [0.4, 0.5) is 4.79 Å². The Kier molecular flexibility index (Phi) is 10.2. The Labute approximate surface area is 219 Å². The van der Waals surface area contributed by atoms with Crippen LogP contribution < -0.4 is 26.4 Å². The molecule has 206 valence electrons. The van der Waals surface area contributed by atoms with Gasteiger partial charge in [0, 0.05) is 19.1 Å². The molecule has 10 heteroatoms. The Balaban J connectivity index is 1.75. The number of nitrogens with two attached hydrogens (primary N) is 1. The van der Waals surface area contributed by atoms with Gasteiger partial charge in [0.25, 0.3) is 0 Å². The number of fused-ring (bicyclic) bond motifs is 13. The molecule has 10 nitrogen and oxygen atoms in total. The lowest BCUT2D eigenvalue weighted by Gasteiger charge is -2.38. The first-order chi connectivity index (χ1) is 17.6. The molecule has 1 aromatic carbocycles. The summed E-state index contributed by atoms with van der Waals surface area (Å²) >= 11 is 0. The van der Waals surface area contributed by atoms with Crippen LogP contribution in [-0.2, 0) is 20.7 Å². The maximum absolute atomic E-state index is 13.4. The molecular formula is C27H42N4O6. The minimum atomic E-state index is -1.48. The minimum Gasteiger partial charge on any atom is -0.494 e. The lowest BCUT2D eigenvalue weighted by atomic mass is 9.73. The second-order valence-electron chi connectivity index (χ2n) is 10.9. The molecule has 1 saturated carbocycles. The molecule has 1 aliphatic carbocycles. The number of rotatable bonds is 6. The lowest BCUT2D eigenvalue weighted by Crippen LogP contribution is -2.61. The predicted molar refractivity (Wildman–Crippen MR) is 139 cm³/mol. The van der Waals surface area contributed by atoms with Gasteiger partial charge in [-0.2, -0.15) is 0 Å². The molecule has 2 bridgehead atoms. The number of amides is 3. The average Bonchev–Trinajstić information content (AvgIpc) is 2.81. The SMILES string of the molecule is CC(C)[C@H]1COCCCCOc2ccc(cc2)C[C@@H](NC(=O)N[C@@](C)(CC2CC(N)C2)C(=O)O)C(=O)N1. The highest BCUT2D eigenvalue weighted by atomic mass is 16.5. The third-order valence-corrected chi connectivity index (χ3v) is 7.20. The number of carboxylic acid groups (broad SMARTS) is 1. The smallest absolute Gasteiger partial charge is 0.329 e. The Morgan fingerprint density at radius 3 is 2.49 bits per heavy atom. The Morgan fingerprint density at radius 1 is 1.19 bits per heavy atom. The van der Waals surface area contributed by atoms with Crippen molar-refractivity contribution in [2.24, 2.45) is 17.6 Å². The zero-order valence-electron chi connectivity index (χ0n) is 22.1. The summed E-state index contributed by atoms with van der Waals surface area (Å²) in [7, 11) is 0. The third-order valence-electron chi connectivity index (χ3n) is 7.20. The van der Waals surface area contributed by atoms with Crippen LogP contribution in [0.15, 0.2) is 24.3 Å². The van der Waals surface area contributed by atoms with Gasteiger partial charge in [-0.05, 0) is 68.6 Å². The molecule has 1 fully saturated rings. The summed E-state index contributed by atoms with van der Waals surface area (Å²) in [4.78, 5) is 38.5. The number of ether oxygens (including phenoxy) is 2. The van der Waals surface area contributed by atoms with E-state index >= 15 is 0 Å². The molecule has 37 heavy (non-hydrogen) atoms. The fraction of sp³-hybridized carbons (Fsp3) is 0.667. The molecule has 0 saturated heterocycles. The van der Waals surface area contributed by atoms with Crippen molar-refractivity contribution in [2.75, 3.05) is 19.8 Å². The highest BCUT2D eigenvalue weighted by molar-refractivity contribution is 5.90. The van der Waals surface area contributed by atoms with Gasteiger partial charge in [0.2, 0.25) is 5.91 Å². The quantitative estimate of drug-likeness (QED) is 0.387. The molecule has 3 amide bonds. The molecular weight excluding hydrogens is 476 g/mol. The largest absolute Gasteiger partial charge is 0.494 e. The van der Waals surface area contributed by atoms with Crippen LogP contribution in [0.3, 0.4) is 0 Å². The monoisotopic (exact) mass is 518 g/mol. The third kappa shape index (κ3) is 8.60. The van der Waals surface area contributed by atoms with Crippen LogP contribution >= 0.6 is 0 Å². The summed E-state index contributed by atoms with van der Waals surface area (Å²) < 4.78 is 11.6. The number of carbonyl (C=O) groups excluding carboxylic acids is 2. The van der Waals surface area contributed by atoms with Crippen molar-refractivity contribution in [1.29, 1.82) is 0 Å². The van der Waals surface area contributed by atoms with Gasteiger partial charge >= 0.3 is 12.0 Å². The number of hydrogen-bond donors (Lipinski definition) is 5. The van der Waals surface area contributed by atoms with Crippen molar-refractivity contribution in [3.05, 3.63) is 29.8 Å². The van der Waals surface area contributed by atoms with Gasteiger partial charge in [-0.3, -0.25) is 4.79 Å². The first-order valence-electron chi connectivity index (χ1n) is 13.2. The summed E-state index contributed by atoms with van der Waals surface area (Å²) in [5, 5.41) is 18.2. The molecule has 0 radical (unpaired) electrons. The molecule has 2 heterocycles. The molecule has 3 aliphatic rings. The number of benzene rings is 1. The van der Waals surface area contributed by atoms with Crippen molar-refractivity contribution in [2.45, 2.75) is 83.0 Å². The molecule has 0 unspecified atom stereocenters. The maximum atomic E-state index is 13.4. The van der Waals surface area contributed by atoms with Crippen LogP contribution in [-0.4, -0.2) is 66.5 Å². The number of carboxylic acids is 1. The van der Waals surface area contributed by atoms with Crippen molar-refractivity contribution >= 4 is 17.9 Å². The molecule has 0 spiro atoms. The molecule has 6 N–H and O–H groups in total. The van der Waals surface area contributed by atoms with E-state index in [1.54, 1.807) is 0 Å². The summed E-state index contributed by atoms with van der Waals surface area (Å²) in [6.07, 6.45) is 3.67. The van der Waals surface area contributed by atoms with Gasteiger partial charge in [0.1, 0.15) is 17.3 Å². The van der Waals surface area contributed by atoms with Crippen LogP contribution in [0.2, 0.25) is 0 Å². The van der Waals surface area contributed by atoms with Gasteiger partial charge in [-0.25, -0.2) is 9.59 Å². The highest BCUT2D eigenvalue weighted by Gasteiger charge is 2.41. The van der Waals surface area contributed by atoms with Crippen molar-refractivity contribution in [3.63, 3.8) is 0 Å². The zero-order valence-corrected chi connectivity index (χ0v) is 22.1. The van der Waals surface area contributed by atoms with Gasteiger partial charge in [0.05, 0.1) is 19.3 Å². The summed E-state index contributed by atoms with van der Waals surface area (Å²) in [5.74, 6) is -0.500.